The molecule has 2 heterocycles. The molecule has 1 aliphatic heterocycles. The molecule has 0 bridgehead atoms. The lowest BCUT2D eigenvalue weighted by Gasteiger charge is -2.26. The first kappa shape index (κ1) is 15.0. The number of pyridine rings is 1. The first-order valence-corrected chi connectivity index (χ1v) is 7.78. The number of nitrogens with zero attached hydrogens (tertiary/aromatic N) is 2. The van der Waals surface area contributed by atoms with Crippen LogP contribution in [0.1, 0.15) is 5.56 Å². The Labute approximate surface area is 131 Å². The zero-order chi connectivity index (χ0) is 15.2. The Hall–Kier alpha value is -1.91. The van der Waals surface area contributed by atoms with E-state index in [9.17, 15) is 0 Å². The molecule has 4 heteroatoms. The quantitative estimate of drug-likeness (QED) is 0.850. The highest BCUT2D eigenvalue weighted by atomic mass is 16.5. The fourth-order valence-electron chi connectivity index (χ4n) is 2.63. The van der Waals surface area contributed by atoms with Crippen LogP contribution in [0, 0.1) is 6.92 Å². The van der Waals surface area contributed by atoms with E-state index in [4.69, 9.17) is 9.47 Å². The van der Waals surface area contributed by atoms with Gasteiger partial charge in [0.15, 0.2) is 0 Å². The Balaban J connectivity index is 1.54. The molecule has 0 N–H and O–H groups in total. The SMILES string of the molecule is Cc1ccccc1-c1ccc(OCCN2CCOCC2)nc1. The van der Waals surface area contributed by atoms with Crippen molar-refractivity contribution in [1.82, 2.24) is 9.88 Å². The minimum absolute atomic E-state index is 0.663. The van der Waals surface area contributed by atoms with Crippen LogP contribution in [0.5, 0.6) is 5.88 Å². The third kappa shape index (κ3) is 3.84. The molecule has 0 saturated carbocycles. The van der Waals surface area contributed by atoms with Crippen molar-refractivity contribution >= 4 is 0 Å². The van der Waals surface area contributed by atoms with Gasteiger partial charge >= 0.3 is 0 Å². The summed E-state index contributed by atoms with van der Waals surface area (Å²) in [6.07, 6.45) is 1.88. The van der Waals surface area contributed by atoms with E-state index >= 15 is 0 Å². The number of hydrogen-bond donors (Lipinski definition) is 0. The lowest BCUT2D eigenvalue weighted by molar-refractivity contribution is 0.0320. The molecule has 0 amide bonds. The zero-order valence-corrected chi connectivity index (χ0v) is 13.0. The van der Waals surface area contributed by atoms with Crippen molar-refractivity contribution in [1.29, 1.82) is 0 Å². The second-order valence-electron chi connectivity index (χ2n) is 5.50. The Bertz CT molecular complexity index is 592. The van der Waals surface area contributed by atoms with Gasteiger partial charge in [0, 0.05) is 37.5 Å². The third-order valence-corrected chi connectivity index (χ3v) is 3.95. The van der Waals surface area contributed by atoms with Crippen molar-refractivity contribution in [2.45, 2.75) is 6.92 Å². The molecule has 3 rings (SSSR count). The molecule has 2 aromatic rings. The molecular formula is C18H22N2O2. The van der Waals surface area contributed by atoms with Crippen molar-refractivity contribution in [3.8, 4) is 17.0 Å². The van der Waals surface area contributed by atoms with E-state index in [-0.39, 0.29) is 0 Å². The van der Waals surface area contributed by atoms with E-state index < -0.39 is 0 Å². The maximum Gasteiger partial charge on any atom is 0.213 e. The molecule has 0 unspecified atom stereocenters. The Morgan fingerprint density at radius 2 is 1.95 bits per heavy atom. The molecular weight excluding hydrogens is 276 g/mol. The Morgan fingerprint density at radius 1 is 1.14 bits per heavy atom. The first-order valence-electron chi connectivity index (χ1n) is 7.78. The monoisotopic (exact) mass is 298 g/mol. The van der Waals surface area contributed by atoms with Crippen LogP contribution in [0.4, 0.5) is 0 Å². The normalized spacial score (nSPS) is 15.7. The van der Waals surface area contributed by atoms with Gasteiger partial charge in [0.2, 0.25) is 5.88 Å². The largest absolute Gasteiger partial charge is 0.476 e. The van der Waals surface area contributed by atoms with E-state index in [1.807, 2.05) is 12.3 Å². The highest BCUT2D eigenvalue weighted by Crippen LogP contribution is 2.23. The topological polar surface area (TPSA) is 34.6 Å². The summed E-state index contributed by atoms with van der Waals surface area (Å²) in [5.74, 6) is 0.686. The first-order chi connectivity index (χ1) is 10.8. The van der Waals surface area contributed by atoms with Gasteiger partial charge in [0.05, 0.1) is 13.2 Å². The van der Waals surface area contributed by atoms with E-state index in [2.05, 4.69) is 47.1 Å². The summed E-state index contributed by atoms with van der Waals surface area (Å²) < 4.78 is 11.1. The van der Waals surface area contributed by atoms with Crippen LogP contribution in [0.3, 0.4) is 0 Å². The van der Waals surface area contributed by atoms with Gasteiger partial charge in [0.25, 0.3) is 0 Å². The number of benzene rings is 1. The van der Waals surface area contributed by atoms with Crippen molar-refractivity contribution in [2.24, 2.45) is 0 Å². The molecule has 0 radical (unpaired) electrons. The van der Waals surface area contributed by atoms with Gasteiger partial charge in [-0.1, -0.05) is 24.3 Å². The van der Waals surface area contributed by atoms with Crippen molar-refractivity contribution in [2.75, 3.05) is 39.5 Å². The van der Waals surface area contributed by atoms with Crippen LogP contribution in [0.25, 0.3) is 11.1 Å². The Morgan fingerprint density at radius 3 is 2.68 bits per heavy atom. The lowest BCUT2D eigenvalue weighted by atomic mass is 10.0. The van der Waals surface area contributed by atoms with Crippen LogP contribution < -0.4 is 4.74 Å². The van der Waals surface area contributed by atoms with Gasteiger partial charge in [-0.15, -0.1) is 0 Å². The van der Waals surface area contributed by atoms with Crippen LogP contribution in [-0.2, 0) is 4.74 Å². The second-order valence-corrected chi connectivity index (χ2v) is 5.50. The molecule has 0 atom stereocenters. The highest BCUT2D eigenvalue weighted by Gasteiger charge is 2.10. The molecule has 116 valence electrons. The number of morpholine rings is 1. The summed E-state index contributed by atoms with van der Waals surface area (Å²) in [6, 6.07) is 12.3. The summed E-state index contributed by atoms with van der Waals surface area (Å²) in [5, 5.41) is 0. The summed E-state index contributed by atoms with van der Waals surface area (Å²) in [4.78, 5) is 6.77. The molecule has 4 nitrogen and oxygen atoms in total. The van der Waals surface area contributed by atoms with Crippen LogP contribution in [-0.4, -0.2) is 49.3 Å². The molecule has 1 aromatic carbocycles. The van der Waals surface area contributed by atoms with Gasteiger partial charge < -0.3 is 9.47 Å². The maximum atomic E-state index is 5.74. The maximum absolute atomic E-state index is 5.74. The average Bonchev–Trinajstić information content (AvgIpc) is 2.57. The molecule has 0 spiro atoms. The number of aryl methyl sites for hydroxylation is 1. The van der Waals surface area contributed by atoms with Gasteiger partial charge in [-0.2, -0.15) is 0 Å². The Kier molecular flexibility index (Phi) is 5.03. The fraction of sp³-hybridized carbons (Fsp3) is 0.389. The average molecular weight is 298 g/mol. The number of rotatable bonds is 5. The van der Waals surface area contributed by atoms with Crippen molar-refractivity contribution in [3.05, 3.63) is 48.2 Å². The summed E-state index contributed by atoms with van der Waals surface area (Å²) in [5.41, 5.74) is 3.60. The van der Waals surface area contributed by atoms with Gasteiger partial charge in [-0.25, -0.2) is 4.98 Å². The standard InChI is InChI=1S/C18H22N2O2/c1-15-4-2-3-5-17(15)16-6-7-18(19-14-16)22-13-10-20-8-11-21-12-9-20/h2-7,14H,8-13H2,1H3. The number of hydrogen-bond acceptors (Lipinski definition) is 4. The summed E-state index contributed by atoms with van der Waals surface area (Å²) in [6.45, 7) is 7.32. The van der Waals surface area contributed by atoms with E-state index in [1.165, 1.54) is 11.1 Å². The molecule has 1 fully saturated rings. The predicted octanol–water partition coefficient (Wildman–Crippen LogP) is 2.77. The molecule has 1 saturated heterocycles. The third-order valence-electron chi connectivity index (χ3n) is 3.95. The van der Waals surface area contributed by atoms with E-state index in [0.717, 1.165) is 38.4 Å². The summed E-state index contributed by atoms with van der Waals surface area (Å²) in [7, 11) is 0. The lowest BCUT2D eigenvalue weighted by Crippen LogP contribution is -2.38. The fourth-order valence-corrected chi connectivity index (χ4v) is 2.63. The predicted molar refractivity (Wildman–Crippen MR) is 87.2 cm³/mol. The molecule has 1 aromatic heterocycles. The van der Waals surface area contributed by atoms with Gasteiger partial charge in [0.1, 0.15) is 6.61 Å². The van der Waals surface area contributed by atoms with Crippen LogP contribution in [0.15, 0.2) is 42.6 Å². The zero-order valence-electron chi connectivity index (χ0n) is 13.0. The van der Waals surface area contributed by atoms with E-state index in [1.54, 1.807) is 0 Å². The minimum atomic E-state index is 0.663. The second kappa shape index (κ2) is 7.38. The minimum Gasteiger partial charge on any atom is -0.476 e. The summed E-state index contributed by atoms with van der Waals surface area (Å²) >= 11 is 0. The van der Waals surface area contributed by atoms with Gasteiger partial charge in [-0.05, 0) is 24.1 Å². The molecule has 0 aliphatic carbocycles. The number of aromatic nitrogens is 1. The van der Waals surface area contributed by atoms with Crippen LogP contribution in [0.2, 0.25) is 0 Å². The molecule has 1 aliphatic rings. The van der Waals surface area contributed by atoms with Crippen molar-refractivity contribution < 1.29 is 9.47 Å². The molecule has 22 heavy (non-hydrogen) atoms. The number of ether oxygens (including phenoxy) is 2. The smallest absolute Gasteiger partial charge is 0.213 e. The van der Waals surface area contributed by atoms with Gasteiger partial charge in [-0.3, -0.25) is 4.90 Å². The van der Waals surface area contributed by atoms with Crippen molar-refractivity contribution in [3.63, 3.8) is 0 Å². The highest BCUT2D eigenvalue weighted by molar-refractivity contribution is 5.66. The van der Waals surface area contributed by atoms with E-state index in [0.29, 0.717) is 12.5 Å². The van der Waals surface area contributed by atoms with Crippen LogP contribution >= 0.6 is 0 Å².